The van der Waals surface area contributed by atoms with Gasteiger partial charge in [-0.2, -0.15) is 5.10 Å². The highest BCUT2D eigenvalue weighted by molar-refractivity contribution is 7.14. The summed E-state index contributed by atoms with van der Waals surface area (Å²) in [7, 11) is 1.81. The van der Waals surface area contributed by atoms with Gasteiger partial charge in [0, 0.05) is 29.8 Å². The van der Waals surface area contributed by atoms with Gasteiger partial charge in [0.05, 0.1) is 11.1 Å². The van der Waals surface area contributed by atoms with Crippen LogP contribution in [0.3, 0.4) is 0 Å². The number of aryl methyl sites for hydroxylation is 3. The number of nitrogens with zero attached hydrogens (tertiary/aromatic N) is 2. The topological polar surface area (TPSA) is 76.0 Å². The van der Waals surface area contributed by atoms with Crippen molar-refractivity contribution < 1.29 is 9.59 Å². The highest BCUT2D eigenvalue weighted by Gasteiger charge is 2.16. The van der Waals surface area contributed by atoms with E-state index in [2.05, 4.69) is 16.0 Å². The molecule has 0 aromatic carbocycles. The zero-order valence-corrected chi connectivity index (χ0v) is 14.4. The fourth-order valence-corrected chi connectivity index (χ4v) is 3.85. The third-order valence-electron chi connectivity index (χ3n) is 3.92. The van der Waals surface area contributed by atoms with Crippen LogP contribution in [0.2, 0.25) is 0 Å². The van der Waals surface area contributed by atoms with Gasteiger partial charge >= 0.3 is 0 Å². The number of hydrazine groups is 1. The quantitative estimate of drug-likeness (QED) is 0.509. The Balaban J connectivity index is 1.53. The van der Waals surface area contributed by atoms with Gasteiger partial charge in [0.1, 0.15) is 0 Å². The number of hydrogen-bond donors (Lipinski definition) is 2. The van der Waals surface area contributed by atoms with Gasteiger partial charge in [0.25, 0.3) is 11.8 Å². The monoisotopic (exact) mass is 344 g/mol. The molecule has 1 aliphatic carbocycles. The van der Waals surface area contributed by atoms with Crippen molar-refractivity contribution in [2.75, 3.05) is 0 Å². The highest BCUT2D eigenvalue weighted by atomic mass is 32.1. The lowest BCUT2D eigenvalue weighted by molar-refractivity contribution is -0.117. The molecule has 0 fully saturated rings. The molecule has 2 aromatic rings. The first-order valence-electron chi connectivity index (χ1n) is 8.00. The van der Waals surface area contributed by atoms with Crippen molar-refractivity contribution in [3.8, 4) is 0 Å². The van der Waals surface area contributed by atoms with E-state index < -0.39 is 0 Å². The third-order valence-corrected chi connectivity index (χ3v) is 5.16. The van der Waals surface area contributed by atoms with Crippen LogP contribution < -0.4 is 10.9 Å². The Morgan fingerprint density at radius 2 is 2.08 bits per heavy atom. The molecule has 126 valence electrons. The minimum Gasteiger partial charge on any atom is -0.275 e. The molecule has 0 spiro atoms. The standard InChI is InChI=1S/C17H20N4O2S/c1-21-11-12(10-18-21)7-8-16(22)19-20-17(23)15-9-13-5-3-2-4-6-14(13)24-15/h7-11H,2-6H2,1H3,(H,19,22)(H,20,23)/b8-7+. The number of nitrogens with one attached hydrogen (secondary N) is 2. The van der Waals surface area contributed by atoms with Gasteiger partial charge in [-0.25, -0.2) is 0 Å². The number of carbonyl (C=O) groups excluding carboxylic acids is 2. The third kappa shape index (κ3) is 4.11. The van der Waals surface area contributed by atoms with Gasteiger partial charge in [0.15, 0.2) is 0 Å². The predicted molar refractivity (Wildman–Crippen MR) is 93.4 cm³/mol. The fraction of sp³-hybridized carbons (Fsp3) is 0.353. The zero-order chi connectivity index (χ0) is 16.9. The van der Waals surface area contributed by atoms with Crippen molar-refractivity contribution in [2.24, 2.45) is 7.05 Å². The SMILES string of the molecule is Cn1cc(/C=C/C(=O)NNC(=O)c2cc3c(s2)CCCCC3)cn1. The van der Waals surface area contributed by atoms with E-state index in [0.29, 0.717) is 4.88 Å². The lowest BCUT2D eigenvalue weighted by atomic mass is 10.1. The lowest BCUT2D eigenvalue weighted by Gasteiger charge is -2.03. The van der Waals surface area contributed by atoms with E-state index in [0.717, 1.165) is 18.4 Å². The van der Waals surface area contributed by atoms with Crippen LogP contribution in [-0.4, -0.2) is 21.6 Å². The van der Waals surface area contributed by atoms with Crippen molar-refractivity contribution in [3.63, 3.8) is 0 Å². The molecule has 24 heavy (non-hydrogen) atoms. The van der Waals surface area contributed by atoms with Crippen LogP contribution in [0.4, 0.5) is 0 Å². The molecule has 0 saturated carbocycles. The van der Waals surface area contributed by atoms with E-state index in [1.165, 1.54) is 47.1 Å². The highest BCUT2D eigenvalue weighted by Crippen LogP contribution is 2.28. The van der Waals surface area contributed by atoms with Crippen LogP contribution in [0.1, 0.15) is 44.9 Å². The molecular weight excluding hydrogens is 324 g/mol. The molecule has 0 bridgehead atoms. The Kier molecular flexibility index (Phi) is 5.10. The molecule has 2 amide bonds. The van der Waals surface area contributed by atoms with E-state index in [4.69, 9.17) is 0 Å². The number of thiophene rings is 1. The van der Waals surface area contributed by atoms with Crippen LogP contribution in [-0.2, 0) is 24.7 Å². The first-order chi connectivity index (χ1) is 11.6. The maximum absolute atomic E-state index is 12.2. The smallest absolute Gasteiger partial charge is 0.275 e. The van der Waals surface area contributed by atoms with E-state index in [9.17, 15) is 9.59 Å². The molecule has 6 nitrogen and oxygen atoms in total. The molecule has 1 aliphatic rings. The number of rotatable bonds is 3. The van der Waals surface area contributed by atoms with Gasteiger partial charge < -0.3 is 0 Å². The van der Waals surface area contributed by atoms with Crippen LogP contribution in [0, 0.1) is 0 Å². The van der Waals surface area contributed by atoms with Crippen LogP contribution in [0.25, 0.3) is 6.08 Å². The molecule has 7 heteroatoms. The fourth-order valence-electron chi connectivity index (χ4n) is 2.70. The molecule has 0 unspecified atom stereocenters. The van der Waals surface area contributed by atoms with E-state index in [1.807, 2.05) is 6.07 Å². The summed E-state index contributed by atoms with van der Waals surface area (Å²) in [6.45, 7) is 0. The Morgan fingerprint density at radius 1 is 1.25 bits per heavy atom. The minimum absolute atomic E-state index is 0.267. The maximum atomic E-state index is 12.2. The summed E-state index contributed by atoms with van der Waals surface area (Å²) >= 11 is 1.53. The summed E-state index contributed by atoms with van der Waals surface area (Å²) in [5, 5.41) is 4.01. The van der Waals surface area contributed by atoms with Crippen molar-refractivity contribution in [2.45, 2.75) is 32.1 Å². The summed E-state index contributed by atoms with van der Waals surface area (Å²) in [5.41, 5.74) is 6.97. The number of amides is 2. The van der Waals surface area contributed by atoms with Crippen molar-refractivity contribution in [1.29, 1.82) is 0 Å². The summed E-state index contributed by atoms with van der Waals surface area (Å²) < 4.78 is 1.65. The van der Waals surface area contributed by atoms with Crippen molar-refractivity contribution in [3.05, 3.63) is 45.4 Å². The normalized spacial score (nSPS) is 14.2. The Bertz CT molecular complexity index is 752. The van der Waals surface area contributed by atoms with Crippen molar-refractivity contribution >= 4 is 29.2 Å². The molecule has 0 atom stereocenters. The maximum Gasteiger partial charge on any atom is 0.279 e. The zero-order valence-electron chi connectivity index (χ0n) is 13.5. The summed E-state index contributed by atoms with van der Waals surface area (Å²) in [5.74, 6) is -0.651. The predicted octanol–water partition coefficient (Wildman–Crippen LogP) is 2.22. The van der Waals surface area contributed by atoms with Gasteiger partial charge in [-0.1, -0.05) is 6.42 Å². The second kappa shape index (κ2) is 7.44. The van der Waals surface area contributed by atoms with Crippen LogP contribution >= 0.6 is 11.3 Å². The number of hydrogen-bond acceptors (Lipinski definition) is 4. The second-order valence-corrected chi connectivity index (χ2v) is 6.98. The van der Waals surface area contributed by atoms with Crippen LogP contribution in [0.15, 0.2) is 24.5 Å². The molecule has 2 heterocycles. The number of fused-ring (bicyclic) bond motifs is 1. The summed E-state index contributed by atoms with van der Waals surface area (Å²) in [6, 6.07) is 1.96. The second-order valence-electron chi connectivity index (χ2n) is 5.84. The van der Waals surface area contributed by atoms with Gasteiger partial charge in [-0.05, 0) is 43.4 Å². The summed E-state index contributed by atoms with van der Waals surface area (Å²) in [6.07, 6.45) is 12.2. The molecule has 2 aromatic heterocycles. The average Bonchev–Trinajstić information content (AvgIpc) is 3.11. The first kappa shape index (κ1) is 16.4. The number of carbonyl (C=O) groups is 2. The lowest BCUT2D eigenvalue weighted by Crippen LogP contribution is -2.40. The molecule has 2 N–H and O–H groups in total. The van der Waals surface area contributed by atoms with E-state index in [1.54, 1.807) is 30.2 Å². The largest absolute Gasteiger partial charge is 0.279 e. The molecular formula is C17H20N4O2S. The summed E-state index contributed by atoms with van der Waals surface area (Å²) in [4.78, 5) is 25.9. The molecule has 0 radical (unpaired) electrons. The van der Waals surface area contributed by atoms with E-state index >= 15 is 0 Å². The van der Waals surface area contributed by atoms with E-state index in [-0.39, 0.29) is 11.8 Å². The molecule has 0 aliphatic heterocycles. The first-order valence-corrected chi connectivity index (χ1v) is 8.82. The average molecular weight is 344 g/mol. The van der Waals surface area contributed by atoms with Gasteiger partial charge in [-0.15, -0.1) is 11.3 Å². The molecule has 3 rings (SSSR count). The Labute approximate surface area is 144 Å². The number of aromatic nitrogens is 2. The minimum atomic E-state index is -0.384. The molecule has 0 saturated heterocycles. The Morgan fingerprint density at radius 3 is 2.88 bits per heavy atom. The van der Waals surface area contributed by atoms with Gasteiger partial charge in [0.2, 0.25) is 0 Å². The Hall–Kier alpha value is -2.41. The van der Waals surface area contributed by atoms with Crippen molar-refractivity contribution in [1.82, 2.24) is 20.6 Å². The van der Waals surface area contributed by atoms with Gasteiger partial charge in [-0.3, -0.25) is 25.1 Å². The van der Waals surface area contributed by atoms with Crippen LogP contribution in [0.5, 0.6) is 0 Å².